The van der Waals surface area contributed by atoms with E-state index in [1.54, 1.807) is 0 Å². The van der Waals surface area contributed by atoms with E-state index in [1.165, 1.54) is 5.57 Å². The van der Waals surface area contributed by atoms with Gasteiger partial charge in [0.05, 0.1) is 12.7 Å². The van der Waals surface area contributed by atoms with Gasteiger partial charge in [0.1, 0.15) is 18.3 Å². The molecule has 0 saturated heterocycles. The molecule has 0 radical (unpaired) electrons. The highest BCUT2D eigenvalue weighted by molar-refractivity contribution is 5.71. The zero-order chi connectivity index (χ0) is 23.0. The fraction of sp³-hybridized carbons (Fsp3) is 0.731. The SMILES string of the molecule is CCC#CC[C@H](C)[C@H](O)C#C[C@@H]1[C@H]2C/C(=C/COCC(=O)OC(C)(C)C)C[C@H]2C[C@H]1O. The van der Waals surface area contributed by atoms with Gasteiger partial charge in [-0.05, 0) is 51.9 Å². The van der Waals surface area contributed by atoms with Crippen molar-refractivity contribution in [3.8, 4) is 23.7 Å². The van der Waals surface area contributed by atoms with Gasteiger partial charge in [0, 0.05) is 24.7 Å². The minimum atomic E-state index is -0.727. The third kappa shape index (κ3) is 8.34. The quantitative estimate of drug-likeness (QED) is 0.292. The van der Waals surface area contributed by atoms with Crippen molar-refractivity contribution in [3.05, 3.63) is 11.6 Å². The van der Waals surface area contributed by atoms with E-state index in [-0.39, 0.29) is 24.4 Å². The molecule has 2 saturated carbocycles. The van der Waals surface area contributed by atoms with Crippen LogP contribution in [0.15, 0.2) is 11.6 Å². The van der Waals surface area contributed by atoms with Crippen LogP contribution in [0.3, 0.4) is 0 Å². The third-order valence-corrected chi connectivity index (χ3v) is 5.84. The van der Waals surface area contributed by atoms with Crippen LogP contribution >= 0.6 is 0 Å². The second kappa shape index (κ2) is 11.7. The van der Waals surface area contributed by atoms with Crippen molar-refractivity contribution in [2.45, 2.75) is 84.5 Å². The van der Waals surface area contributed by atoms with Crippen LogP contribution in [0.2, 0.25) is 0 Å². The van der Waals surface area contributed by atoms with Crippen molar-refractivity contribution >= 4 is 5.97 Å². The van der Waals surface area contributed by atoms with Gasteiger partial charge >= 0.3 is 5.97 Å². The van der Waals surface area contributed by atoms with Gasteiger partial charge in [-0.1, -0.05) is 37.3 Å². The van der Waals surface area contributed by atoms with Crippen LogP contribution in [0.4, 0.5) is 0 Å². The average molecular weight is 431 g/mol. The Hall–Kier alpha value is -1.79. The number of aliphatic hydroxyl groups excluding tert-OH is 2. The van der Waals surface area contributed by atoms with Gasteiger partial charge in [-0.2, -0.15) is 0 Å². The molecular formula is C26H38O5. The van der Waals surface area contributed by atoms with Crippen molar-refractivity contribution in [2.75, 3.05) is 13.2 Å². The summed E-state index contributed by atoms with van der Waals surface area (Å²) in [6, 6.07) is 0. The maximum Gasteiger partial charge on any atom is 0.332 e. The normalized spacial score (nSPS) is 28.2. The molecule has 31 heavy (non-hydrogen) atoms. The van der Waals surface area contributed by atoms with Gasteiger partial charge in [-0.3, -0.25) is 0 Å². The van der Waals surface area contributed by atoms with E-state index >= 15 is 0 Å². The molecule has 0 bridgehead atoms. The third-order valence-electron chi connectivity index (χ3n) is 5.84. The number of hydrogen-bond acceptors (Lipinski definition) is 5. The molecule has 2 N–H and O–H groups in total. The second-order valence-electron chi connectivity index (χ2n) is 9.75. The highest BCUT2D eigenvalue weighted by Gasteiger charge is 2.45. The molecule has 0 unspecified atom stereocenters. The second-order valence-corrected chi connectivity index (χ2v) is 9.75. The molecule has 0 aromatic carbocycles. The first-order valence-electron chi connectivity index (χ1n) is 11.4. The van der Waals surface area contributed by atoms with Gasteiger partial charge in [-0.15, -0.1) is 11.8 Å². The largest absolute Gasteiger partial charge is 0.458 e. The minimum absolute atomic E-state index is 0.0120. The number of ether oxygens (including phenoxy) is 2. The highest BCUT2D eigenvalue weighted by atomic mass is 16.6. The van der Waals surface area contributed by atoms with Crippen LogP contribution in [0, 0.1) is 47.4 Å². The number of allylic oxidation sites excluding steroid dienone is 1. The first-order chi connectivity index (χ1) is 14.6. The first-order valence-corrected chi connectivity index (χ1v) is 11.4. The van der Waals surface area contributed by atoms with Gasteiger partial charge in [0.15, 0.2) is 0 Å². The van der Waals surface area contributed by atoms with Crippen LogP contribution in [0.5, 0.6) is 0 Å². The average Bonchev–Trinajstić information content (AvgIpc) is 3.18. The summed E-state index contributed by atoms with van der Waals surface area (Å²) >= 11 is 0. The van der Waals surface area contributed by atoms with Gasteiger partial charge < -0.3 is 19.7 Å². The zero-order valence-electron chi connectivity index (χ0n) is 19.6. The smallest absolute Gasteiger partial charge is 0.332 e. The summed E-state index contributed by atoms with van der Waals surface area (Å²) in [5.41, 5.74) is 0.786. The molecule has 0 amide bonds. The molecule has 5 nitrogen and oxygen atoms in total. The lowest BCUT2D eigenvalue weighted by atomic mass is 9.91. The number of rotatable bonds is 6. The predicted molar refractivity (Wildman–Crippen MR) is 121 cm³/mol. The number of esters is 1. The maximum atomic E-state index is 11.7. The zero-order valence-corrected chi connectivity index (χ0v) is 19.6. The topological polar surface area (TPSA) is 76.0 Å². The van der Waals surface area contributed by atoms with Crippen LogP contribution < -0.4 is 0 Å². The summed E-state index contributed by atoms with van der Waals surface area (Å²) in [5.74, 6) is 12.5. The monoisotopic (exact) mass is 430 g/mol. The molecule has 2 fully saturated rings. The molecule has 0 aliphatic heterocycles. The summed E-state index contributed by atoms with van der Waals surface area (Å²) in [5, 5.41) is 20.8. The van der Waals surface area contributed by atoms with Gasteiger partial charge in [0.25, 0.3) is 0 Å². The lowest BCUT2D eigenvalue weighted by Gasteiger charge is -2.19. The van der Waals surface area contributed by atoms with Crippen molar-refractivity contribution in [1.29, 1.82) is 0 Å². The van der Waals surface area contributed by atoms with E-state index < -0.39 is 17.8 Å². The molecule has 0 heterocycles. The van der Waals surface area contributed by atoms with Crippen molar-refractivity contribution in [3.63, 3.8) is 0 Å². The molecular weight excluding hydrogens is 392 g/mol. The van der Waals surface area contributed by atoms with Gasteiger partial charge in [-0.25, -0.2) is 4.79 Å². The van der Waals surface area contributed by atoms with Crippen molar-refractivity contribution < 1.29 is 24.5 Å². The Morgan fingerprint density at radius 3 is 2.71 bits per heavy atom. The molecule has 0 aromatic heterocycles. The summed E-state index contributed by atoms with van der Waals surface area (Å²) in [7, 11) is 0. The number of fused-ring (bicyclic) bond motifs is 1. The van der Waals surface area contributed by atoms with Crippen LogP contribution in [-0.2, 0) is 14.3 Å². The molecule has 6 atom stereocenters. The summed E-state index contributed by atoms with van der Waals surface area (Å²) < 4.78 is 10.7. The van der Waals surface area contributed by atoms with Crippen LogP contribution in [0.1, 0.15) is 66.7 Å². The summed E-state index contributed by atoms with van der Waals surface area (Å²) in [6.45, 7) is 9.77. The molecule has 0 aromatic rings. The number of carbonyl (C=O) groups is 1. The summed E-state index contributed by atoms with van der Waals surface area (Å²) in [4.78, 5) is 11.7. The Balaban J connectivity index is 1.84. The molecule has 0 spiro atoms. The molecule has 2 aliphatic rings. The van der Waals surface area contributed by atoms with Crippen molar-refractivity contribution in [1.82, 2.24) is 0 Å². The standard InChI is InChI=1S/C26H38O5/c1-6-7-8-9-18(2)23(27)11-10-21-22-15-19(14-20(22)16-24(21)28)12-13-30-17-25(29)31-26(3,4)5/h12,18,20-24,27-28H,6,9,13-17H2,1-5H3/b19-12+/t18-,20-,21+,22-,23+,24+/m0/s1. The number of carbonyl (C=O) groups excluding carboxylic acids is 1. The lowest BCUT2D eigenvalue weighted by molar-refractivity contribution is -0.159. The van der Waals surface area contributed by atoms with Gasteiger partial charge in [0.2, 0.25) is 0 Å². The van der Waals surface area contributed by atoms with Crippen molar-refractivity contribution in [2.24, 2.45) is 23.7 Å². The minimum Gasteiger partial charge on any atom is -0.458 e. The Morgan fingerprint density at radius 2 is 2.03 bits per heavy atom. The van der Waals surface area contributed by atoms with E-state index in [1.807, 2.05) is 40.7 Å². The summed E-state index contributed by atoms with van der Waals surface area (Å²) in [6.07, 6.45) is 4.87. The first kappa shape index (κ1) is 25.5. The van der Waals surface area contributed by atoms with E-state index in [4.69, 9.17) is 9.47 Å². The van der Waals surface area contributed by atoms with Crippen LogP contribution in [0.25, 0.3) is 0 Å². The van der Waals surface area contributed by atoms with E-state index in [9.17, 15) is 15.0 Å². The highest BCUT2D eigenvalue weighted by Crippen LogP contribution is 2.49. The Morgan fingerprint density at radius 1 is 1.29 bits per heavy atom. The molecule has 5 heteroatoms. The Bertz CT molecular complexity index is 755. The predicted octanol–water partition coefficient (Wildman–Crippen LogP) is 3.48. The van der Waals surface area contributed by atoms with E-state index in [0.717, 1.165) is 25.7 Å². The number of hydrogen-bond donors (Lipinski definition) is 2. The molecule has 2 aliphatic carbocycles. The fourth-order valence-electron chi connectivity index (χ4n) is 4.31. The Labute approximate surface area is 187 Å². The van der Waals surface area contributed by atoms with E-state index in [0.29, 0.717) is 24.9 Å². The lowest BCUT2D eigenvalue weighted by Crippen LogP contribution is -2.26. The van der Waals surface area contributed by atoms with E-state index in [2.05, 4.69) is 23.7 Å². The fourth-order valence-corrected chi connectivity index (χ4v) is 4.31. The molecule has 172 valence electrons. The Kier molecular flexibility index (Phi) is 9.63. The van der Waals surface area contributed by atoms with Crippen LogP contribution in [-0.4, -0.2) is 47.2 Å². The number of aliphatic hydroxyl groups is 2. The molecule has 2 rings (SSSR count). The maximum absolute atomic E-state index is 11.7.